The zero-order valence-electron chi connectivity index (χ0n) is 7.46. The molecule has 0 saturated carbocycles. The molecular formula is C10H9Cl2NO. The first-order valence-corrected chi connectivity index (χ1v) is 5.23. The summed E-state index contributed by atoms with van der Waals surface area (Å²) in [6, 6.07) is 5.70. The molecular weight excluding hydrogens is 221 g/mol. The number of fused-ring (bicyclic) bond motifs is 1. The van der Waals surface area contributed by atoms with Crippen LogP contribution in [0, 0.1) is 0 Å². The molecule has 0 aromatic heterocycles. The number of alkyl halides is 1. The second-order valence-corrected chi connectivity index (χ2v) is 4.00. The van der Waals surface area contributed by atoms with E-state index in [0.29, 0.717) is 18.1 Å². The summed E-state index contributed by atoms with van der Waals surface area (Å²) < 4.78 is 0. The van der Waals surface area contributed by atoms with Crippen molar-refractivity contribution in [2.75, 3.05) is 5.88 Å². The van der Waals surface area contributed by atoms with Crippen LogP contribution < -0.4 is 0 Å². The highest BCUT2D eigenvalue weighted by molar-refractivity contribution is 6.30. The van der Waals surface area contributed by atoms with Gasteiger partial charge in [0.15, 0.2) is 0 Å². The average Bonchev–Trinajstić information content (AvgIpc) is 2.59. The van der Waals surface area contributed by atoms with Crippen LogP contribution in [0.2, 0.25) is 5.02 Å². The third-order valence-electron chi connectivity index (χ3n) is 2.36. The third-order valence-corrected chi connectivity index (χ3v) is 2.82. The number of hydrogen-bond donors (Lipinski definition) is 0. The Hall–Kier alpha value is -0.730. The van der Waals surface area contributed by atoms with E-state index < -0.39 is 0 Å². The van der Waals surface area contributed by atoms with Gasteiger partial charge in [0.1, 0.15) is 5.88 Å². The van der Waals surface area contributed by atoms with E-state index in [1.54, 1.807) is 4.90 Å². The van der Waals surface area contributed by atoms with Crippen LogP contribution in [0.25, 0.3) is 0 Å². The van der Waals surface area contributed by atoms with Gasteiger partial charge in [0, 0.05) is 18.1 Å². The molecule has 1 amide bonds. The molecule has 0 N–H and O–H groups in total. The van der Waals surface area contributed by atoms with Gasteiger partial charge in [-0.2, -0.15) is 0 Å². The number of carbonyl (C=O) groups is 1. The van der Waals surface area contributed by atoms with Crippen LogP contribution in [0.5, 0.6) is 0 Å². The Kier molecular flexibility index (Phi) is 2.66. The Morgan fingerprint density at radius 1 is 1.36 bits per heavy atom. The van der Waals surface area contributed by atoms with Crippen molar-refractivity contribution in [2.24, 2.45) is 0 Å². The summed E-state index contributed by atoms with van der Waals surface area (Å²) in [4.78, 5) is 13.1. The average molecular weight is 230 g/mol. The van der Waals surface area contributed by atoms with Crippen molar-refractivity contribution in [1.82, 2.24) is 4.90 Å². The lowest BCUT2D eigenvalue weighted by molar-refractivity contribution is -0.129. The summed E-state index contributed by atoms with van der Waals surface area (Å²) in [5, 5.41) is 0.712. The van der Waals surface area contributed by atoms with Gasteiger partial charge in [-0.05, 0) is 23.3 Å². The van der Waals surface area contributed by atoms with Gasteiger partial charge in [0.25, 0.3) is 0 Å². The van der Waals surface area contributed by atoms with E-state index in [2.05, 4.69) is 0 Å². The van der Waals surface area contributed by atoms with Crippen LogP contribution in [-0.4, -0.2) is 16.7 Å². The Bertz CT molecular complexity index is 378. The summed E-state index contributed by atoms with van der Waals surface area (Å²) in [5.41, 5.74) is 2.28. The predicted molar refractivity (Wildman–Crippen MR) is 56.4 cm³/mol. The molecule has 0 saturated heterocycles. The van der Waals surface area contributed by atoms with Crippen LogP contribution in [0.15, 0.2) is 18.2 Å². The van der Waals surface area contributed by atoms with Gasteiger partial charge in [0.2, 0.25) is 5.91 Å². The van der Waals surface area contributed by atoms with Crippen molar-refractivity contribution in [3.05, 3.63) is 34.3 Å². The Morgan fingerprint density at radius 3 is 2.79 bits per heavy atom. The molecule has 0 aliphatic carbocycles. The number of rotatable bonds is 1. The fourth-order valence-corrected chi connectivity index (χ4v) is 1.99. The molecule has 1 aromatic carbocycles. The molecule has 4 heteroatoms. The lowest BCUT2D eigenvalue weighted by Gasteiger charge is -2.12. The summed E-state index contributed by atoms with van der Waals surface area (Å²) in [5.74, 6) is 0.0147. The van der Waals surface area contributed by atoms with Crippen molar-refractivity contribution in [3.8, 4) is 0 Å². The van der Waals surface area contributed by atoms with Crippen LogP contribution in [0.4, 0.5) is 0 Å². The highest BCUT2D eigenvalue weighted by atomic mass is 35.5. The Labute approximate surface area is 92.4 Å². The van der Waals surface area contributed by atoms with Gasteiger partial charge in [-0.15, -0.1) is 11.6 Å². The van der Waals surface area contributed by atoms with Gasteiger partial charge >= 0.3 is 0 Å². The summed E-state index contributed by atoms with van der Waals surface area (Å²) >= 11 is 11.3. The highest BCUT2D eigenvalue weighted by Gasteiger charge is 2.22. The molecule has 74 valence electrons. The van der Waals surface area contributed by atoms with Crippen molar-refractivity contribution in [3.63, 3.8) is 0 Å². The molecule has 1 heterocycles. The second-order valence-electron chi connectivity index (χ2n) is 3.30. The quantitative estimate of drug-likeness (QED) is 0.678. The van der Waals surface area contributed by atoms with E-state index in [9.17, 15) is 4.79 Å². The van der Waals surface area contributed by atoms with Crippen molar-refractivity contribution < 1.29 is 4.79 Å². The van der Waals surface area contributed by atoms with E-state index in [1.165, 1.54) is 0 Å². The van der Waals surface area contributed by atoms with Gasteiger partial charge in [-0.25, -0.2) is 0 Å². The smallest absolute Gasteiger partial charge is 0.238 e. The number of amides is 1. The first kappa shape index (κ1) is 9.81. The minimum absolute atomic E-state index is 0.0287. The molecule has 0 bridgehead atoms. The fraction of sp³-hybridized carbons (Fsp3) is 0.300. The van der Waals surface area contributed by atoms with Crippen LogP contribution >= 0.6 is 23.2 Å². The molecule has 0 fully saturated rings. The van der Waals surface area contributed by atoms with Gasteiger partial charge in [0.05, 0.1) is 0 Å². The normalized spacial score (nSPS) is 14.3. The Morgan fingerprint density at radius 2 is 2.07 bits per heavy atom. The van der Waals surface area contributed by atoms with E-state index >= 15 is 0 Å². The number of benzene rings is 1. The zero-order chi connectivity index (χ0) is 10.1. The maximum Gasteiger partial charge on any atom is 0.238 e. The van der Waals surface area contributed by atoms with Gasteiger partial charge < -0.3 is 4.90 Å². The molecule has 14 heavy (non-hydrogen) atoms. The fourth-order valence-electron chi connectivity index (χ4n) is 1.62. The molecule has 0 unspecified atom stereocenters. The first-order valence-electron chi connectivity index (χ1n) is 4.32. The van der Waals surface area contributed by atoms with Crippen molar-refractivity contribution in [1.29, 1.82) is 0 Å². The molecule has 0 spiro atoms. The first-order chi connectivity index (χ1) is 6.70. The molecule has 1 aliphatic rings. The molecule has 0 atom stereocenters. The van der Waals surface area contributed by atoms with Crippen LogP contribution in [0.1, 0.15) is 11.1 Å². The summed E-state index contributed by atoms with van der Waals surface area (Å²) in [6.07, 6.45) is 0. The third kappa shape index (κ3) is 1.72. The van der Waals surface area contributed by atoms with Crippen LogP contribution in [0.3, 0.4) is 0 Å². The number of nitrogens with zero attached hydrogens (tertiary/aromatic N) is 1. The highest BCUT2D eigenvalue weighted by Crippen LogP contribution is 2.25. The summed E-state index contributed by atoms with van der Waals surface area (Å²) in [6.45, 7) is 1.28. The van der Waals surface area contributed by atoms with E-state index in [1.807, 2.05) is 18.2 Å². The van der Waals surface area contributed by atoms with E-state index in [4.69, 9.17) is 23.2 Å². The maximum atomic E-state index is 11.3. The van der Waals surface area contributed by atoms with E-state index in [0.717, 1.165) is 11.1 Å². The molecule has 2 rings (SSSR count). The lowest BCUT2D eigenvalue weighted by atomic mass is 10.1. The van der Waals surface area contributed by atoms with Gasteiger partial charge in [-0.3, -0.25) is 4.79 Å². The number of carbonyl (C=O) groups excluding carboxylic acids is 1. The minimum Gasteiger partial charge on any atom is -0.333 e. The molecule has 1 aliphatic heterocycles. The number of halogens is 2. The number of hydrogen-bond acceptors (Lipinski definition) is 1. The SMILES string of the molecule is O=C(CCl)N1Cc2ccc(Cl)cc2C1. The molecule has 2 nitrogen and oxygen atoms in total. The van der Waals surface area contributed by atoms with E-state index in [-0.39, 0.29) is 11.8 Å². The topological polar surface area (TPSA) is 20.3 Å². The minimum atomic E-state index is -0.0287. The summed E-state index contributed by atoms with van der Waals surface area (Å²) in [7, 11) is 0. The van der Waals surface area contributed by atoms with Crippen molar-refractivity contribution in [2.45, 2.75) is 13.1 Å². The predicted octanol–water partition coefficient (Wildman–Crippen LogP) is 2.42. The monoisotopic (exact) mass is 229 g/mol. The standard InChI is InChI=1S/C10H9Cl2NO/c11-4-10(14)13-5-7-1-2-9(12)3-8(7)6-13/h1-3H,4-6H2. The molecule has 0 radical (unpaired) electrons. The second kappa shape index (κ2) is 3.79. The lowest BCUT2D eigenvalue weighted by Crippen LogP contribution is -2.26. The zero-order valence-corrected chi connectivity index (χ0v) is 8.98. The largest absolute Gasteiger partial charge is 0.333 e. The van der Waals surface area contributed by atoms with Crippen LogP contribution in [-0.2, 0) is 17.9 Å². The van der Waals surface area contributed by atoms with Crippen molar-refractivity contribution >= 4 is 29.1 Å². The molecule has 1 aromatic rings. The van der Waals surface area contributed by atoms with Gasteiger partial charge in [-0.1, -0.05) is 17.7 Å². The maximum absolute atomic E-state index is 11.3. The Balaban J connectivity index is 2.22.